The van der Waals surface area contributed by atoms with Crippen LogP contribution in [0.2, 0.25) is 0 Å². The SMILES string of the molecule is c1csc(-c2ccc(CN3CCNCC3)o2)c1. The molecule has 1 aliphatic heterocycles. The average molecular weight is 248 g/mol. The van der Waals surface area contributed by atoms with Crippen LogP contribution in [-0.4, -0.2) is 31.1 Å². The number of furan rings is 1. The lowest BCUT2D eigenvalue weighted by Crippen LogP contribution is -2.42. The van der Waals surface area contributed by atoms with Crippen LogP contribution in [0.1, 0.15) is 5.76 Å². The second-order valence-corrected chi connectivity index (χ2v) is 5.22. The molecule has 3 heterocycles. The molecular formula is C13H16N2OS. The molecule has 3 nitrogen and oxygen atoms in total. The Hall–Kier alpha value is -1.10. The van der Waals surface area contributed by atoms with Crippen molar-refractivity contribution >= 4 is 11.3 Å². The number of nitrogens with zero attached hydrogens (tertiary/aromatic N) is 1. The first-order chi connectivity index (χ1) is 8.42. The molecule has 1 saturated heterocycles. The summed E-state index contributed by atoms with van der Waals surface area (Å²) in [6, 6.07) is 8.32. The fraction of sp³-hybridized carbons (Fsp3) is 0.385. The van der Waals surface area contributed by atoms with Crippen molar-refractivity contribution in [3.63, 3.8) is 0 Å². The fourth-order valence-electron chi connectivity index (χ4n) is 2.10. The first-order valence-corrected chi connectivity index (χ1v) is 6.85. The van der Waals surface area contributed by atoms with E-state index in [1.54, 1.807) is 11.3 Å². The van der Waals surface area contributed by atoms with Gasteiger partial charge in [0, 0.05) is 26.2 Å². The lowest BCUT2D eigenvalue weighted by Gasteiger charge is -2.26. The summed E-state index contributed by atoms with van der Waals surface area (Å²) in [5.41, 5.74) is 0. The van der Waals surface area contributed by atoms with E-state index in [0.29, 0.717) is 0 Å². The maximum atomic E-state index is 5.88. The van der Waals surface area contributed by atoms with E-state index in [1.807, 2.05) is 0 Å². The van der Waals surface area contributed by atoms with Gasteiger partial charge in [0.25, 0.3) is 0 Å². The number of thiophene rings is 1. The predicted molar refractivity (Wildman–Crippen MR) is 70.2 cm³/mol. The summed E-state index contributed by atoms with van der Waals surface area (Å²) in [5, 5.41) is 5.43. The molecule has 0 amide bonds. The van der Waals surface area contributed by atoms with E-state index in [0.717, 1.165) is 44.2 Å². The highest BCUT2D eigenvalue weighted by atomic mass is 32.1. The topological polar surface area (TPSA) is 28.4 Å². The standard InChI is InChI=1S/C13H16N2OS/c1-2-13(17-9-1)12-4-3-11(16-12)10-15-7-5-14-6-8-15/h1-4,9,14H,5-8,10H2. The molecule has 0 atom stereocenters. The number of hydrogen-bond donors (Lipinski definition) is 1. The average Bonchev–Trinajstić information content (AvgIpc) is 3.00. The van der Waals surface area contributed by atoms with Crippen LogP contribution in [0.4, 0.5) is 0 Å². The first-order valence-electron chi connectivity index (χ1n) is 5.97. The molecule has 90 valence electrons. The quantitative estimate of drug-likeness (QED) is 0.904. The van der Waals surface area contributed by atoms with Crippen LogP contribution < -0.4 is 5.32 Å². The van der Waals surface area contributed by atoms with Gasteiger partial charge in [0.2, 0.25) is 0 Å². The van der Waals surface area contributed by atoms with Crippen molar-refractivity contribution in [2.45, 2.75) is 6.54 Å². The lowest BCUT2D eigenvalue weighted by atomic mass is 10.3. The number of nitrogens with one attached hydrogen (secondary N) is 1. The molecule has 0 spiro atoms. The van der Waals surface area contributed by atoms with Crippen LogP contribution in [0.5, 0.6) is 0 Å². The predicted octanol–water partition coefficient (Wildman–Crippen LogP) is 2.41. The molecule has 0 aromatic carbocycles. The van der Waals surface area contributed by atoms with Crippen LogP contribution in [0.25, 0.3) is 10.6 Å². The van der Waals surface area contributed by atoms with Crippen LogP contribution in [0.3, 0.4) is 0 Å². The zero-order valence-corrected chi connectivity index (χ0v) is 10.5. The number of hydrogen-bond acceptors (Lipinski definition) is 4. The minimum absolute atomic E-state index is 0.924. The third-order valence-electron chi connectivity index (χ3n) is 3.01. The Balaban J connectivity index is 1.68. The van der Waals surface area contributed by atoms with E-state index < -0.39 is 0 Å². The van der Waals surface area contributed by atoms with Gasteiger partial charge in [-0.1, -0.05) is 6.07 Å². The first kappa shape index (κ1) is 11.0. The van der Waals surface area contributed by atoms with Crippen molar-refractivity contribution in [3.05, 3.63) is 35.4 Å². The molecule has 1 N–H and O–H groups in total. The molecule has 4 heteroatoms. The van der Waals surface area contributed by atoms with Crippen LogP contribution in [0, 0.1) is 0 Å². The molecule has 3 rings (SSSR count). The number of rotatable bonds is 3. The fourth-order valence-corrected chi connectivity index (χ4v) is 2.79. The third-order valence-corrected chi connectivity index (χ3v) is 3.90. The smallest absolute Gasteiger partial charge is 0.144 e. The molecule has 2 aromatic rings. The molecule has 0 radical (unpaired) electrons. The Kier molecular flexibility index (Phi) is 3.27. The molecule has 0 saturated carbocycles. The summed E-state index contributed by atoms with van der Waals surface area (Å²) in [4.78, 5) is 3.63. The van der Waals surface area contributed by atoms with Crippen molar-refractivity contribution in [1.29, 1.82) is 0 Å². The van der Waals surface area contributed by atoms with Crippen molar-refractivity contribution in [1.82, 2.24) is 10.2 Å². The Morgan fingerprint density at radius 3 is 2.88 bits per heavy atom. The lowest BCUT2D eigenvalue weighted by molar-refractivity contribution is 0.217. The van der Waals surface area contributed by atoms with E-state index in [1.165, 1.54) is 4.88 Å². The highest BCUT2D eigenvalue weighted by molar-refractivity contribution is 7.13. The zero-order valence-electron chi connectivity index (χ0n) is 9.69. The summed E-state index contributed by atoms with van der Waals surface area (Å²) in [6.45, 7) is 5.30. The summed E-state index contributed by atoms with van der Waals surface area (Å²) >= 11 is 1.72. The monoisotopic (exact) mass is 248 g/mol. The van der Waals surface area contributed by atoms with E-state index in [-0.39, 0.29) is 0 Å². The Labute approximate surface area is 105 Å². The van der Waals surface area contributed by atoms with Crippen molar-refractivity contribution in [2.75, 3.05) is 26.2 Å². The van der Waals surface area contributed by atoms with Gasteiger partial charge in [-0.25, -0.2) is 0 Å². The Bertz CT molecular complexity index is 457. The Morgan fingerprint density at radius 1 is 1.24 bits per heavy atom. The van der Waals surface area contributed by atoms with Crippen LogP contribution in [-0.2, 0) is 6.54 Å². The third kappa shape index (κ3) is 2.60. The molecule has 2 aromatic heterocycles. The largest absolute Gasteiger partial charge is 0.459 e. The van der Waals surface area contributed by atoms with Gasteiger partial charge in [-0.3, -0.25) is 4.90 Å². The van der Waals surface area contributed by atoms with Crippen molar-refractivity contribution in [2.24, 2.45) is 0 Å². The molecule has 0 aliphatic carbocycles. The van der Waals surface area contributed by atoms with Gasteiger partial charge < -0.3 is 9.73 Å². The van der Waals surface area contributed by atoms with E-state index in [2.05, 4.69) is 39.9 Å². The molecule has 1 aliphatic rings. The maximum Gasteiger partial charge on any atom is 0.144 e. The van der Waals surface area contributed by atoms with Gasteiger partial charge in [0.15, 0.2) is 0 Å². The highest BCUT2D eigenvalue weighted by Gasteiger charge is 2.12. The summed E-state index contributed by atoms with van der Waals surface area (Å²) in [6.07, 6.45) is 0. The molecular weight excluding hydrogens is 232 g/mol. The highest BCUT2D eigenvalue weighted by Crippen LogP contribution is 2.26. The molecule has 17 heavy (non-hydrogen) atoms. The number of piperazine rings is 1. The normalized spacial score (nSPS) is 17.4. The van der Waals surface area contributed by atoms with Gasteiger partial charge in [-0.15, -0.1) is 11.3 Å². The van der Waals surface area contributed by atoms with Crippen LogP contribution in [0.15, 0.2) is 34.1 Å². The van der Waals surface area contributed by atoms with Crippen molar-refractivity contribution < 1.29 is 4.42 Å². The van der Waals surface area contributed by atoms with Crippen LogP contribution >= 0.6 is 11.3 Å². The summed E-state index contributed by atoms with van der Waals surface area (Å²) in [7, 11) is 0. The van der Waals surface area contributed by atoms with Gasteiger partial charge in [0.05, 0.1) is 11.4 Å². The van der Waals surface area contributed by atoms with E-state index in [9.17, 15) is 0 Å². The summed E-state index contributed by atoms with van der Waals surface area (Å²) < 4.78 is 5.88. The van der Waals surface area contributed by atoms with Gasteiger partial charge in [-0.2, -0.15) is 0 Å². The maximum absolute atomic E-state index is 5.88. The second-order valence-electron chi connectivity index (χ2n) is 4.27. The summed E-state index contributed by atoms with van der Waals surface area (Å²) in [5.74, 6) is 2.06. The second kappa shape index (κ2) is 5.04. The minimum Gasteiger partial charge on any atom is -0.459 e. The molecule has 1 fully saturated rings. The van der Waals surface area contributed by atoms with Gasteiger partial charge in [-0.05, 0) is 23.6 Å². The van der Waals surface area contributed by atoms with E-state index >= 15 is 0 Å². The Morgan fingerprint density at radius 2 is 2.12 bits per heavy atom. The molecule has 0 bridgehead atoms. The van der Waals surface area contributed by atoms with Gasteiger partial charge >= 0.3 is 0 Å². The zero-order chi connectivity index (χ0) is 11.5. The van der Waals surface area contributed by atoms with Crippen molar-refractivity contribution in [3.8, 4) is 10.6 Å². The minimum atomic E-state index is 0.924. The molecule has 0 unspecified atom stereocenters. The van der Waals surface area contributed by atoms with Gasteiger partial charge in [0.1, 0.15) is 11.5 Å². The van der Waals surface area contributed by atoms with E-state index in [4.69, 9.17) is 4.42 Å².